The van der Waals surface area contributed by atoms with Gasteiger partial charge >= 0.3 is 0 Å². The number of rotatable bonds is 0. The van der Waals surface area contributed by atoms with Crippen molar-refractivity contribution < 1.29 is 20.4 Å². The molecule has 0 unspecified atom stereocenters. The minimum absolute atomic E-state index is 0. The Morgan fingerprint density at radius 2 is 1.67 bits per heavy atom. The minimum atomic E-state index is -0.329. The molecule has 138 valence electrons. The van der Waals surface area contributed by atoms with E-state index in [1.54, 1.807) is 0 Å². The molecule has 1 heterocycles. The van der Waals surface area contributed by atoms with E-state index < -0.39 is 0 Å². The highest BCUT2D eigenvalue weighted by molar-refractivity contribution is 5.30. The predicted octanol–water partition coefficient (Wildman–Crippen LogP) is 2.47. The van der Waals surface area contributed by atoms with Gasteiger partial charge in [-0.2, -0.15) is 0 Å². The van der Waals surface area contributed by atoms with Gasteiger partial charge in [-0.25, -0.2) is 0 Å². The standard InChI is InChI=1S/C20H32O3.H2O/c1-18(2)14-6-5-12-13(19(14,3)10-8-15(18)21)7-9-20(4)16(22)11-23-17(12)20;/h5,13-17,21-22H,6-11H2,1-4H3;1H2/t13-,14-,15-,16+,17-,19+,20-;/m1./s1. The van der Waals surface area contributed by atoms with Crippen LogP contribution in [0.15, 0.2) is 11.6 Å². The first-order chi connectivity index (χ1) is 10.7. The van der Waals surface area contributed by atoms with Crippen LogP contribution in [0.4, 0.5) is 0 Å². The van der Waals surface area contributed by atoms with Gasteiger partial charge in [-0.3, -0.25) is 0 Å². The lowest BCUT2D eigenvalue weighted by Gasteiger charge is -2.61. The number of allylic oxidation sites excluding steroid dienone is 1. The van der Waals surface area contributed by atoms with Crippen LogP contribution in [0.2, 0.25) is 0 Å². The van der Waals surface area contributed by atoms with Gasteiger partial charge in [0.1, 0.15) is 0 Å². The average Bonchev–Trinajstić information content (AvgIpc) is 2.79. The summed E-state index contributed by atoms with van der Waals surface area (Å²) in [6.07, 6.45) is 7.26. The smallest absolute Gasteiger partial charge is 0.0868 e. The van der Waals surface area contributed by atoms with Gasteiger partial charge in [-0.05, 0) is 60.3 Å². The summed E-state index contributed by atoms with van der Waals surface area (Å²) >= 11 is 0. The van der Waals surface area contributed by atoms with Crippen LogP contribution in [-0.4, -0.2) is 40.6 Å². The first-order valence-electron chi connectivity index (χ1n) is 9.39. The summed E-state index contributed by atoms with van der Waals surface area (Å²) in [4.78, 5) is 0. The van der Waals surface area contributed by atoms with Crippen molar-refractivity contribution in [2.24, 2.45) is 28.1 Å². The van der Waals surface area contributed by atoms with Crippen molar-refractivity contribution in [3.05, 3.63) is 11.6 Å². The molecule has 0 radical (unpaired) electrons. The van der Waals surface area contributed by atoms with E-state index in [0.29, 0.717) is 18.4 Å². The fourth-order valence-corrected chi connectivity index (χ4v) is 6.60. The molecule has 7 atom stereocenters. The van der Waals surface area contributed by atoms with Crippen LogP contribution in [0.25, 0.3) is 0 Å². The van der Waals surface area contributed by atoms with Crippen LogP contribution in [0.5, 0.6) is 0 Å². The van der Waals surface area contributed by atoms with Gasteiger partial charge in [0, 0.05) is 5.41 Å². The van der Waals surface area contributed by atoms with Crippen molar-refractivity contribution >= 4 is 0 Å². The maximum absolute atomic E-state index is 10.5. The van der Waals surface area contributed by atoms with Gasteiger partial charge in [0.15, 0.2) is 0 Å². The van der Waals surface area contributed by atoms with Crippen LogP contribution in [0.1, 0.15) is 59.8 Å². The van der Waals surface area contributed by atoms with Gasteiger partial charge in [0.2, 0.25) is 0 Å². The summed E-state index contributed by atoms with van der Waals surface area (Å²) in [6.45, 7) is 9.64. The SMILES string of the molecule is CC1(C)[C@H](O)CC[C@@]2(C)[C@@H]3CC[C@@]4(C)[C@H](OC[C@@H]4O)C3=CC[C@H]12.O. The zero-order valence-electron chi connectivity index (χ0n) is 15.5. The van der Waals surface area contributed by atoms with Gasteiger partial charge < -0.3 is 20.4 Å². The highest BCUT2D eigenvalue weighted by Crippen LogP contribution is 2.64. The fourth-order valence-electron chi connectivity index (χ4n) is 6.60. The highest BCUT2D eigenvalue weighted by Gasteiger charge is 2.61. The Hall–Kier alpha value is -0.420. The molecule has 0 amide bonds. The minimum Gasteiger partial charge on any atom is -0.412 e. The summed E-state index contributed by atoms with van der Waals surface area (Å²) in [7, 11) is 0. The van der Waals surface area contributed by atoms with Crippen LogP contribution in [0.3, 0.4) is 0 Å². The molecule has 3 fully saturated rings. The van der Waals surface area contributed by atoms with Gasteiger partial charge in [0.05, 0.1) is 24.9 Å². The maximum atomic E-state index is 10.5. The molecule has 4 N–H and O–H groups in total. The lowest BCUT2D eigenvalue weighted by Crippen LogP contribution is -2.57. The summed E-state index contributed by atoms with van der Waals surface area (Å²) in [5.41, 5.74) is 1.59. The molecule has 4 nitrogen and oxygen atoms in total. The molecule has 0 spiro atoms. The van der Waals surface area contributed by atoms with Crippen molar-refractivity contribution in [3.63, 3.8) is 0 Å². The molecule has 1 aliphatic heterocycles. The molecule has 0 bridgehead atoms. The zero-order chi connectivity index (χ0) is 16.6. The molecule has 3 aliphatic carbocycles. The largest absolute Gasteiger partial charge is 0.412 e. The molecule has 1 saturated heterocycles. The van der Waals surface area contributed by atoms with E-state index >= 15 is 0 Å². The Balaban J connectivity index is 0.00000169. The number of fused-ring (bicyclic) bond motifs is 5. The third-order valence-corrected chi connectivity index (χ3v) is 8.35. The number of ether oxygens (including phenoxy) is 1. The molecule has 4 aliphatic rings. The Labute approximate surface area is 145 Å². The van der Waals surface area contributed by atoms with E-state index in [-0.39, 0.29) is 40.0 Å². The Kier molecular flexibility index (Phi) is 4.24. The van der Waals surface area contributed by atoms with E-state index in [2.05, 4.69) is 33.8 Å². The normalized spacial score (nSPS) is 52.4. The summed E-state index contributed by atoms with van der Waals surface area (Å²) in [6, 6.07) is 0. The second-order valence-electron chi connectivity index (χ2n) is 9.70. The average molecular weight is 338 g/mol. The first-order valence-corrected chi connectivity index (χ1v) is 9.39. The monoisotopic (exact) mass is 338 g/mol. The van der Waals surface area contributed by atoms with Gasteiger partial charge in [0.25, 0.3) is 0 Å². The maximum Gasteiger partial charge on any atom is 0.0868 e. The lowest BCUT2D eigenvalue weighted by molar-refractivity contribution is -0.128. The molecule has 0 aromatic heterocycles. The predicted molar refractivity (Wildman–Crippen MR) is 93.5 cm³/mol. The summed E-state index contributed by atoms with van der Waals surface area (Å²) < 4.78 is 6.07. The van der Waals surface area contributed by atoms with E-state index in [0.717, 1.165) is 32.1 Å². The molecular weight excluding hydrogens is 304 g/mol. The zero-order valence-corrected chi connectivity index (χ0v) is 15.5. The first kappa shape index (κ1) is 18.4. The topological polar surface area (TPSA) is 81.2 Å². The second kappa shape index (κ2) is 5.54. The molecule has 2 saturated carbocycles. The van der Waals surface area contributed by atoms with Crippen LogP contribution < -0.4 is 0 Å². The molecule has 24 heavy (non-hydrogen) atoms. The number of aliphatic hydroxyl groups is 2. The van der Waals surface area contributed by atoms with Crippen molar-refractivity contribution in [2.75, 3.05) is 6.61 Å². The number of hydrogen-bond donors (Lipinski definition) is 2. The van der Waals surface area contributed by atoms with Crippen molar-refractivity contribution in [2.45, 2.75) is 78.1 Å². The van der Waals surface area contributed by atoms with E-state index in [4.69, 9.17) is 4.74 Å². The quantitative estimate of drug-likeness (QED) is 0.666. The van der Waals surface area contributed by atoms with Crippen LogP contribution >= 0.6 is 0 Å². The molecule has 4 rings (SSSR count). The van der Waals surface area contributed by atoms with E-state index in [1.165, 1.54) is 5.57 Å². The third kappa shape index (κ3) is 2.13. The van der Waals surface area contributed by atoms with Crippen LogP contribution in [-0.2, 0) is 4.74 Å². The van der Waals surface area contributed by atoms with Crippen molar-refractivity contribution in [1.82, 2.24) is 0 Å². The lowest BCUT2D eigenvalue weighted by atomic mass is 9.45. The van der Waals surface area contributed by atoms with Gasteiger partial charge in [-0.1, -0.05) is 33.8 Å². The Bertz CT molecular complexity index is 542. The Morgan fingerprint density at radius 1 is 1.00 bits per heavy atom. The Morgan fingerprint density at radius 3 is 2.38 bits per heavy atom. The fraction of sp³-hybridized carbons (Fsp3) is 0.900. The second-order valence-corrected chi connectivity index (χ2v) is 9.70. The number of hydrogen-bond acceptors (Lipinski definition) is 3. The van der Waals surface area contributed by atoms with E-state index in [1.807, 2.05) is 0 Å². The molecule has 4 heteroatoms. The molecular formula is C20H34O4. The van der Waals surface area contributed by atoms with Gasteiger partial charge in [-0.15, -0.1) is 0 Å². The summed E-state index contributed by atoms with van der Waals surface area (Å²) in [5.74, 6) is 1.08. The molecule has 0 aromatic rings. The third-order valence-electron chi connectivity index (χ3n) is 8.35. The van der Waals surface area contributed by atoms with E-state index in [9.17, 15) is 10.2 Å². The van der Waals surface area contributed by atoms with Crippen LogP contribution in [0, 0.1) is 28.1 Å². The molecule has 0 aromatic carbocycles. The highest BCUT2D eigenvalue weighted by atomic mass is 16.5. The number of aliphatic hydroxyl groups excluding tert-OH is 2. The summed E-state index contributed by atoms with van der Waals surface area (Å²) in [5, 5.41) is 20.9. The van der Waals surface area contributed by atoms with Crippen molar-refractivity contribution in [3.8, 4) is 0 Å². The van der Waals surface area contributed by atoms with Crippen molar-refractivity contribution in [1.29, 1.82) is 0 Å².